The molecule has 0 radical (unpaired) electrons. The van der Waals surface area contributed by atoms with Gasteiger partial charge < -0.3 is 37.2 Å². The number of hydrogen-bond donors (Lipinski definition) is 0. The number of benzene rings is 3. The second kappa shape index (κ2) is 13.9. The molecule has 0 aromatic heterocycles. The summed E-state index contributed by atoms with van der Waals surface area (Å²) in [7, 11) is 0. The summed E-state index contributed by atoms with van der Waals surface area (Å²) in [4.78, 5) is 0. The van der Waals surface area contributed by atoms with Crippen LogP contribution < -0.4 is 37.2 Å². The molecule has 1 aliphatic carbocycles. The van der Waals surface area contributed by atoms with E-state index in [1.54, 1.807) is 0 Å². The van der Waals surface area contributed by atoms with Crippen molar-refractivity contribution in [2.24, 2.45) is 0 Å². The van der Waals surface area contributed by atoms with Gasteiger partial charge in [-0.25, -0.2) is 0 Å². The first kappa shape index (κ1) is 34.8. The van der Waals surface area contributed by atoms with Crippen molar-refractivity contribution in [3.63, 3.8) is 0 Å². The molecule has 0 saturated carbocycles. The van der Waals surface area contributed by atoms with E-state index in [1.165, 1.54) is 68.5 Å². The normalized spacial score (nSPS) is 16.3. The van der Waals surface area contributed by atoms with Crippen molar-refractivity contribution >= 4 is 0 Å². The quantitative estimate of drug-likeness (QED) is 0.270. The number of allylic oxidation sites excluding steroid dienone is 4. The van der Waals surface area contributed by atoms with Gasteiger partial charge in [-0.2, -0.15) is 0 Å². The topological polar surface area (TPSA) is 0 Å². The van der Waals surface area contributed by atoms with E-state index in [-0.39, 0.29) is 46.4 Å². The molecular weight excluding hydrogens is 563 g/mol. The second-order valence-electron chi connectivity index (χ2n) is 10.9. The van der Waals surface area contributed by atoms with Crippen molar-refractivity contribution in [1.82, 2.24) is 0 Å². The van der Waals surface area contributed by atoms with Crippen LogP contribution in [0.3, 0.4) is 0 Å². The molecule has 0 saturated heterocycles. The summed E-state index contributed by atoms with van der Waals surface area (Å²) in [5.41, 5.74) is 13.2. The van der Waals surface area contributed by atoms with Crippen LogP contribution in [0.15, 0.2) is 78.4 Å². The fourth-order valence-corrected chi connectivity index (χ4v) is 7.28. The van der Waals surface area contributed by atoms with E-state index >= 15 is 0 Å². The molecule has 1 atom stereocenters. The molecule has 0 fully saturated rings. The molecule has 0 N–H and O–H groups in total. The Morgan fingerprint density at radius 3 is 1.26 bits per heavy atom. The Kier molecular flexibility index (Phi) is 12.7. The predicted octanol–water partition coefficient (Wildman–Crippen LogP) is 0.275. The second-order valence-corrected chi connectivity index (χ2v) is 12.2. The van der Waals surface area contributed by atoms with E-state index < -0.39 is 0 Å². The van der Waals surface area contributed by atoms with Gasteiger partial charge in [0.15, 0.2) is 0 Å². The largest absolute Gasteiger partial charge is 1.00 e. The number of rotatable bonds is 7. The van der Waals surface area contributed by atoms with E-state index in [0.29, 0.717) is 0 Å². The first-order chi connectivity index (χ1) is 16.6. The maximum Gasteiger partial charge on any atom is -1.00 e. The van der Waals surface area contributed by atoms with Crippen LogP contribution in [-0.4, -0.2) is 0 Å². The van der Waals surface area contributed by atoms with Crippen LogP contribution in [0.5, 0.6) is 0 Å². The van der Waals surface area contributed by atoms with Crippen molar-refractivity contribution in [1.29, 1.82) is 0 Å². The van der Waals surface area contributed by atoms with Crippen LogP contribution in [0.4, 0.5) is 0 Å². The Morgan fingerprint density at radius 2 is 0.947 bits per heavy atom. The molecular formula is C34H39Cl3Ti. The van der Waals surface area contributed by atoms with Gasteiger partial charge in [0.2, 0.25) is 0 Å². The average Bonchev–Trinajstić information content (AvgIpc) is 3.12. The van der Waals surface area contributed by atoms with Gasteiger partial charge in [0.05, 0.1) is 0 Å². The summed E-state index contributed by atoms with van der Waals surface area (Å²) in [6, 6.07) is 21.5. The van der Waals surface area contributed by atoms with Gasteiger partial charge in [-0.05, 0) is 0 Å². The van der Waals surface area contributed by atoms with Crippen molar-refractivity contribution in [2.45, 2.75) is 76.9 Å². The van der Waals surface area contributed by atoms with Gasteiger partial charge in [0.1, 0.15) is 0 Å². The maximum atomic E-state index is 2.58. The number of halogens is 3. The predicted molar refractivity (Wildman–Crippen MR) is 147 cm³/mol. The van der Waals surface area contributed by atoms with Crippen molar-refractivity contribution in [3.05, 3.63) is 128 Å². The Morgan fingerprint density at radius 1 is 0.605 bits per heavy atom. The molecule has 4 rings (SSSR count). The summed E-state index contributed by atoms with van der Waals surface area (Å²) in [6.45, 7) is 15.7. The average molecular weight is 602 g/mol. The molecule has 0 aliphatic heterocycles. The molecule has 4 heteroatoms. The zero-order valence-corrected chi connectivity index (χ0v) is 27.5. The molecule has 0 spiro atoms. The van der Waals surface area contributed by atoms with Crippen molar-refractivity contribution in [2.75, 3.05) is 0 Å². The third kappa shape index (κ3) is 6.71. The minimum Gasteiger partial charge on any atom is -1.00 e. The fraction of sp³-hybridized carbons (Fsp3) is 0.353. The van der Waals surface area contributed by atoms with E-state index in [0.717, 1.165) is 6.42 Å². The van der Waals surface area contributed by atoms with Crippen LogP contribution in [0.25, 0.3) is 0 Å². The molecule has 38 heavy (non-hydrogen) atoms. The number of aryl methyl sites for hydroxylation is 6. The molecule has 0 bridgehead atoms. The van der Waals surface area contributed by atoms with E-state index in [4.69, 9.17) is 0 Å². The third-order valence-electron chi connectivity index (χ3n) is 7.38. The summed E-state index contributed by atoms with van der Waals surface area (Å²) in [5.74, 6) is 0. The molecule has 3 aromatic carbocycles. The standard InChI is InChI=1S/C34H39.3ClH.Ti/c1-8-9-10-29-11-12-30(22-29)34(31-16-23(2)13-24(3)17-31,32-18-25(4)14-26(5)19-32)33-20-27(6)15-28(7)21-33;;;;/h11-22H,8-10H2,1-7H3;3*1H;/q;;;;+3/p-3. The molecule has 3 aromatic rings. The van der Waals surface area contributed by atoms with Gasteiger partial charge in [0, 0.05) is 0 Å². The van der Waals surface area contributed by atoms with Crippen LogP contribution in [-0.2, 0) is 25.9 Å². The molecule has 0 amide bonds. The third-order valence-corrected chi connectivity index (χ3v) is 8.45. The van der Waals surface area contributed by atoms with Gasteiger partial charge in [0.25, 0.3) is 0 Å². The van der Waals surface area contributed by atoms with E-state index in [2.05, 4.69) is 142 Å². The minimum atomic E-state index is -0.345. The Labute approximate surface area is 261 Å². The molecule has 0 heterocycles. The van der Waals surface area contributed by atoms with E-state index in [1.807, 2.05) is 0 Å². The number of hydrogen-bond acceptors (Lipinski definition) is 0. The van der Waals surface area contributed by atoms with Gasteiger partial charge in [-0.1, -0.05) is 0 Å². The van der Waals surface area contributed by atoms with Crippen LogP contribution in [0, 0.1) is 41.5 Å². The van der Waals surface area contributed by atoms with Crippen molar-refractivity contribution in [3.8, 4) is 0 Å². The zero-order chi connectivity index (χ0) is 25.4. The SMILES string of the molecule is CCCCC1=C[C]([Ti+3])(C(c2cc(C)cc(C)c2)(c2cc(C)cc(C)c2)c2cc(C)cc(C)c2)C=C1.[Cl-].[Cl-].[Cl-]. The van der Waals surface area contributed by atoms with Crippen LogP contribution in [0.1, 0.15) is 76.3 Å². The van der Waals surface area contributed by atoms with Gasteiger partial charge >= 0.3 is 226 Å². The minimum absolute atomic E-state index is 0. The zero-order valence-electron chi connectivity index (χ0n) is 23.7. The molecule has 200 valence electrons. The smallest absolute Gasteiger partial charge is 1.00 e. The molecule has 1 aliphatic rings. The van der Waals surface area contributed by atoms with E-state index in [9.17, 15) is 0 Å². The van der Waals surface area contributed by atoms with Gasteiger partial charge in [-0.3, -0.25) is 0 Å². The Bertz CT molecular complexity index is 1140. The summed E-state index contributed by atoms with van der Waals surface area (Å²) in [6.07, 6.45) is 11.1. The first-order valence-electron chi connectivity index (χ1n) is 13.0. The summed E-state index contributed by atoms with van der Waals surface area (Å²) >= 11 is 2.45. The van der Waals surface area contributed by atoms with Crippen molar-refractivity contribution < 1.29 is 57.7 Å². The maximum absolute atomic E-state index is 2.58. The van der Waals surface area contributed by atoms with Crippen LogP contribution >= 0.6 is 0 Å². The Balaban J connectivity index is 0.00000241. The Hall–Kier alpha value is -1.28. The monoisotopic (exact) mass is 600 g/mol. The molecule has 0 nitrogen and oxygen atoms in total. The van der Waals surface area contributed by atoms with Gasteiger partial charge in [-0.15, -0.1) is 0 Å². The number of unbranched alkanes of at least 4 members (excludes halogenated alkanes) is 1. The summed E-state index contributed by atoms with van der Waals surface area (Å²) < 4.78 is -0.198. The molecule has 1 unspecified atom stereocenters. The van der Waals surface area contributed by atoms with Crippen LogP contribution in [0.2, 0.25) is 3.72 Å². The summed E-state index contributed by atoms with van der Waals surface area (Å²) in [5, 5.41) is 0. The fourth-order valence-electron chi connectivity index (χ4n) is 6.19. The first-order valence-corrected chi connectivity index (χ1v) is 13.8.